The molecule has 2 aliphatic heterocycles. The van der Waals surface area contributed by atoms with Crippen LogP contribution < -0.4 is 0 Å². The minimum Gasteiger partial charge on any atom is -0.465 e. The van der Waals surface area contributed by atoms with Gasteiger partial charge < -0.3 is 24.8 Å². The average Bonchev–Trinajstić information content (AvgIpc) is 2.85. The lowest BCUT2D eigenvalue weighted by atomic mass is 9.65. The molecule has 2 aliphatic carbocycles. The van der Waals surface area contributed by atoms with E-state index in [1.165, 1.54) is 0 Å². The molecule has 29 heavy (non-hydrogen) atoms. The van der Waals surface area contributed by atoms with Crippen molar-refractivity contribution in [1.82, 2.24) is 0 Å². The number of allylic oxidation sites excluding steroid dienone is 2. The molecule has 4 rings (SSSR count). The van der Waals surface area contributed by atoms with Crippen LogP contribution >= 0.6 is 0 Å². The van der Waals surface area contributed by atoms with Crippen LogP contribution in [-0.2, 0) is 19.1 Å². The summed E-state index contributed by atoms with van der Waals surface area (Å²) < 4.78 is 12.0. The quantitative estimate of drug-likeness (QED) is 0.635. The Kier molecular flexibility index (Phi) is 4.81. The van der Waals surface area contributed by atoms with E-state index in [4.69, 9.17) is 9.47 Å². The zero-order chi connectivity index (χ0) is 21.3. The Morgan fingerprint density at radius 3 is 1.76 bits per heavy atom. The lowest BCUT2D eigenvalue weighted by Crippen LogP contribution is -2.46. The largest absolute Gasteiger partial charge is 0.465 e. The second kappa shape index (κ2) is 6.74. The first-order chi connectivity index (χ1) is 13.4. The van der Waals surface area contributed by atoms with Crippen LogP contribution in [0.1, 0.15) is 53.4 Å². The maximum atomic E-state index is 13.1. The van der Waals surface area contributed by atoms with Gasteiger partial charge in [-0.05, 0) is 10.8 Å². The van der Waals surface area contributed by atoms with E-state index in [1.54, 1.807) is 0 Å². The second-order valence-corrected chi connectivity index (χ2v) is 10.4. The van der Waals surface area contributed by atoms with Crippen molar-refractivity contribution in [2.75, 3.05) is 6.61 Å². The van der Waals surface area contributed by atoms with Crippen molar-refractivity contribution in [1.29, 1.82) is 0 Å². The summed E-state index contributed by atoms with van der Waals surface area (Å²) >= 11 is 0. The summed E-state index contributed by atoms with van der Waals surface area (Å²) in [6.45, 7) is 7.54. The Hall–Kier alpha value is -1.54. The zero-order valence-electron chi connectivity index (χ0n) is 17.4. The van der Waals surface area contributed by atoms with Gasteiger partial charge in [0.2, 0.25) is 0 Å². The van der Waals surface area contributed by atoms with E-state index in [0.29, 0.717) is 48.3 Å². The Bertz CT molecular complexity index is 767. The van der Waals surface area contributed by atoms with Gasteiger partial charge in [0.05, 0.1) is 18.6 Å². The van der Waals surface area contributed by atoms with Crippen LogP contribution in [0.4, 0.5) is 0 Å². The van der Waals surface area contributed by atoms with Crippen LogP contribution in [0.15, 0.2) is 22.7 Å². The summed E-state index contributed by atoms with van der Waals surface area (Å²) in [5.41, 5.74) is 0.223. The molecule has 1 saturated heterocycles. The van der Waals surface area contributed by atoms with Crippen LogP contribution in [0.3, 0.4) is 0 Å². The van der Waals surface area contributed by atoms with E-state index in [1.807, 2.05) is 27.7 Å². The highest BCUT2D eigenvalue weighted by atomic mass is 16.6. The van der Waals surface area contributed by atoms with Gasteiger partial charge in [-0.1, -0.05) is 27.7 Å². The molecule has 7 nitrogen and oxygen atoms in total. The molecule has 0 aromatic rings. The van der Waals surface area contributed by atoms with Gasteiger partial charge >= 0.3 is 0 Å². The third-order valence-corrected chi connectivity index (χ3v) is 6.53. The molecule has 1 fully saturated rings. The van der Waals surface area contributed by atoms with Gasteiger partial charge in [-0.3, -0.25) is 9.59 Å². The lowest BCUT2D eigenvalue weighted by molar-refractivity contribution is -0.123. The fourth-order valence-corrected chi connectivity index (χ4v) is 5.26. The van der Waals surface area contributed by atoms with Crippen molar-refractivity contribution in [3.8, 4) is 0 Å². The monoisotopic (exact) mass is 406 g/mol. The van der Waals surface area contributed by atoms with Crippen LogP contribution in [0.2, 0.25) is 0 Å². The number of carbonyl (C=O) groups is 2. The van der Waals surface area contributed by atoms with Crippen molar-refractivity contribution in [2.45, 2.75) is 77.8 Å². The molecular formula is C22H30O7. The fourth-order valence-electron chi connectivity index (χ4n) is 5.26. The Morgan fingerprint density at radius 1 is 0.862 bits per heavy atom. The number of carbonyl (C=O) groups excluding carboxylic acids is 2. The number of Topliss-reactive ketones (excluding diaryl/α,β-unsaturated/α-hetero) is 2. The molecule has 0 bridgehead atoms. The van der Waals surface area contributed by atoms with Crippen molar-refractivity contribution in [2.24, 2.45) is 16.7 Å². The highest BCUT2D eigenvalue weighted by molar-refractivity contribution is 6.04. The maximum absolute atomic E-state index is 13.1. The molecule has 0 saturated carbocycles. The number of hydrogen-bond donors (Lipinski definition) is 3. The summed E-state index contributed by atoms with van der Waals surface area (Å²) in [5.74, 6) is 0.0463. The van der Waals surface area contributed by atoms with E-state index >= 15 is 0 Å². The smallest absolute Gasteiger partial charge is 0.163 e. The van der Waals surface area contributed by atoms with Gasteiger partial charge in [0, 0.05) is 36.8 Å². The third kappa shape index (κ3) is 3.38. The van der Waals surface area contributed by atoms with Crippen LogP contribution in [-0.4, -0.2) is 57.9 Å². The fraction of sp³-hybridized carbons (Fsp3) is 0.727. The average molecular weight is 406 g/mol. The van der Waals surface area contributed by atoms with E-state index in [9.17, 15) is 24.9 Å². The summed E-state index contributed by atoms with van der Waals surface area (Å²) in [6, 6.07) is 0. The first-order valence-corrected chi connectivity index (χ1v) is 10.3. The van der Waals surface area contributed by atoms with Gasteiger partial charge in [-0.2, -0.15) is 0 Å². The molecule has 2 heterocycles. The molecule has 4 aliphatic rings. The van der Waals surface area contributed by atoms with Gasteiger partial charge in [0.15, 0.2) is 11.6 Å². The molecule has 3 N–H and O–H groups in total. The maximum Gasteiger partial charge on any atom is 0.163 e. The Labute approximate surface area is 170 Å². The second-order valence-electron chi connectivity index (χ2n) is 10.4. The van der Waals surface area contributed by atoms with E-state index in [-0.39, 0.29) is 22.4 Å². The summed E-state index contributed by atoms with van der Waals surface area (Å²) in [6.07, 6.45) is -2.84. The third-order valence-electron chi connectivity index (χ3n) is 6.53. The number of aliphatic hydroxyl groups is 3. The number of ketones is 2. The Balaban J connectivity index is 1.84. The van der Waals surface area contributed by atoms with E-state index in [2.05, 4.69) is 0 Å². The van der Waals surface area contributed by atoms with Crippen molar-refractivity contribution in [3.05, 3.63) is 22.7 Å². The molecule has 0 amide bonds. The van der Waals surface area contributed by atoms with Crippen LogP contribution in [0, 0.1) is 16.7 Å². The molecule has 0 aromatic carbocycles. The van der Waals surface area contributed by atoms with Gasteiger partial charge in [0.25, 0.3) is 0 Å². The number of aliphatic hydroxyl groups excluding tert-OH is 3. The normalized spacial score (nSPS) is 36.8. The molecular weight excluding hydrogens is 376 g/mol. The topological polar surface area (TPSA) is 113 Å². The van der Waals surface area contributed by atoms with Crippen molar-refractivity contribution >= 4 is 11.6 Å². The predicted molar refractivity (Wildman–Crippen MR) is 102 cm³/mol. The minimum atomic E-state index is -1.32. The molecule has 160 valence electrons. The predicted octanol–water partition coefficient (Wildman–Crippen LogP) is 1.40. The summed E-state index contributed by atoms with van der Waals surface area (Å²) in [7, 11) is 0. The van der Waals surface area contributed by atoms with Crippen molar-refractivity contribution < 1.29 is 34.4 Å². The van der Waals surface area contributed by atoms with Gasteiger partial charge in [-0.25, -0.2) is 0 Å². The SMILES string of the molecule is CC1(C)CC(=O)C2=C(C1)OC1=C(C(=O)CC(C)(C)C1)C2C1O[C@H](CO)[C@@H](O)[C@@H]1O. The summed E-state index contributed by atoms with van der Waals surface area (Å²) in [4.78, 5) is 26.3. The van der Waals surface area contributed by atoms with E-state index in [0.717, 1.165) is 0 Å². The van der Waals surface area contributed by atoms with Gasteiger partial charge in [-0.15, -0.1) is 0 Å². The molecule has 7 heteroatoms. The molecule has 4 atom stereocenters. The van der Waals surface area contributed by atoms with E-state index < -0.39 is 36.9 Å². The van der Waals surface area contributed by atoms with Gasteiger partial charge in [0.1, 0.15) is 29.8 Å². The lowest BCUT2D eigenvalue weighted by Gasteiger charge is -2.44. The Morgan fingerprint density at radius 2 is 1.34 bits per heavy atom. The zero-order valence-corrected chi connectivity index (χ0v) is 17.4. The highest BCUT2D eigenvalue weighted by Gasteiger charge is 2.55. The van der Waals surface area contributed by atoms with Crippen LogP contribution in [0.5, 0.6) is 0 Å². The summed E-state index contributed by atoms with van der Waals surface area (Å²) in [5, 5.41) is 30.5. The standard InChI is InChI=1S/C22H30O7/c1-21(2)5-10(24)15-12(7-21)28-13-8-22(3,4)6-11(25)16(13)17(15)20-19(27)18(26)14(9-23)29-20/h14,17-20,23,26-27H,5-9H2,1-4H3/t14-,18-,19+,20?/m1/s1. The molecule has 0 spiro atoms. The molecule has 1 unspecified atom stereocenters. The first-order valence-electron chi connectivity index (χ1n) is 10.3. The highest BCUT2D eigenvalue weighted by Crippen LogP contribution is 2.52. The number of hydrogen-bond acceptors (Lipinski definition) is 7. The minimum absolute atomic E-state index is 0.122. The number of ether oxygens (including phenoxy) is 2. The first kappa shape index (κ1) is 20.7. The van der Waals surface area contributed by atoms with Crippen molar-refractivity contribution in [3.63, 3.8) is 0 Å². The molecule has 0 radical (unpaired) electrons. The number of rotatable bonds is 2. The van der Waals surface area contributed by atoms with Crippen LogP contribution in [0.25, 0.3) is 0 Å². The molecule has 0 aromatic heterocycles.